The molecule has 0 aliphatic heterocycles. The minimum Gasteiger partial charge on any atom is -0.267 e. The zero-order valence-electron chi connectivity index (χ0n) is 25.5. The van der Waals surface area contributed by atoms with Crippen LogP contribution in [0, 0.1) is 23.0 Å². The Hall–Kier alpha value is -0.906. The van der Waals surface area contributed by atoms with Crippen molar-refractivity contribution in [1.29, 1.82) is 0 Å². The van der Waals surface area contributed by atoms with Gasteiger partial charge in [0.25, 0.3) is 0 Å². The fourth-order valence-corrected chi connectivity index (χ4v) is 11.7. The van der Waals surface area contributed by atoms with E-state index in [0.717, 1.165) is 0 Å². The number of hydrogen-bond acceptors (Lipinski definition) is 0. The normalized spacial score (nSPS) is 18.6. The van der Waals surface area contributed by atoms with Gasteiger partial charge >= 0.3 is 37.7 Å². The van der Waals surface area contributed by atoms with Gasteiger partial charge in [-0.1, -0.05) is 150 Å². The maximum atomic E-state index is 3.77. The van der Waals surface area contributed by atoms with Crippen LogP contribution in [0.3, 0.4) is 0 Å². The van der Waals surface area contributed by atoms with E-state index in [1.807, 2.05) is 0 Å². The molecule has 0 aromatic heterocycles. The first-order chi connectivity index (χ1) is 16.5. The van der Waals surface area contributed by atoms with Gasteiger partial charge in [0.05, 0.1) is 16.1 Å². The van der Waals surface area contributed by atoms with Gasteiger partial charge in [-0.15, -0.1) is 13.8 Å². The van der Waals surface area contributed by atoms with Crippen molar-refractivity contribution >= 4 is 64.3 Å². The summed E-state index contributed by atoms with van der Waals surface area (Å²) >= 11 is 0. The topological polar surface area (TPSA) is 0 Å². The van der Waals surface area contributed by atoms with Crippen LogP contribution in [0.2, 0.25) is 26.2 Å². The molecule has 0 radical (unpaired) electrons. The Balaban J connectivity index is 0.000000253. The second kappa shape index (κ2) is 11.7. The molecule has 0 amide bonds. The molecule has 2 aromatic rings. The molecular formula is C34H46CaSi2. The smallest absolute Gasteiger partial charge is 0.267 e. The van der Waals surface area contributed by atoms with Crippen LogP contribution in [0.25, 0.3) is 0 Å². The van der Waals surface area contributed by atoms with E-state index >= 15 is 0 Å². The van der Waals surface area contributed by atoms with Crippen molar-refractivity contribution in [3.05, 3.63) is 106 Å². The third-order valence-electron chi connectivity index (χ3n) is 8.87. The Morgan fingerprint density at radius 1 is 0.514 bits per heavy atom. The molecule has 37 heavy (non-hydrogen) atoms. The molecule has 0 fully saturated rings. The fraction of sp³-hybridized carbons (Fsp3) is 0.412. The molecule has 4 rings (SSSR count). The van der Waals surface area contributed by atoms with Crippen LogP contribution >= 0.6 is 0 Å². The molecule has 0 saturated heterocycles. The third-order valence-corrected chi connectivity index (χ3v) is 15.9. The van der Waals surface area contributed by atoms with E-state index in [9.17, 15) is 0 Å². The van der Waals surface area contributed by atoms with E-state index in [2.05, 4.69) is 154 Å². The first kappa shape index (κ1) is 32.3. The summed E-state index contributed by atoms with van der Waals surface area (Å²) in [6.07, 6.45) is 7.55. The number of rotatable bonds is 4. The van der Waals surface area contributed by atoms with Gasteiger partial charge in [-0.3, -0.25) is 12.2 Å². The molecule has 3 heteroatoms. The molecule has 0 N–H and O–H groups in total. The summed E-state index contributed by atoms with van der Waals surface area (Å²) in [6.45, 7) is 27.9. The molecule has 0 heterocycles. The predicted molar refractivity (Wildman–Crippen MR) is 171 cm³/mol. The Labute approximate surface area is 260 Å². The van der Waals surface area contributed by atoms with E-state index in [0.29, 0.717) is 0 Å². The van der Waals surface area contributed by atoms with E-state index in [1.165, 1.54) is 43.1 Å². The standard InChI is InChI=1S/2C17H23Si.Ca/c2*1-13-14(2)17(3,4)12-16(13)18(5,6)15-10-8-7-9-11-15;/h2*7-11H,1-6H3;/q2*-1;+2. The van der Waals surface area contributed by atoms with Gasteiger partial charge in [0, 0.05) is 0 Å². The number of allylic oxidation sites excluding steroid dienone is 8. The molecule has 2 aliphatic rings. The average molecular weight is 551 g/mol. The van der Waals surface area contributed by atoms with Gasteiger partial charge in [0.2, 0.25) is 0 Å². The van der Waals surface area contributed by atoms with Crippen LogP contribution < -0.4 is 10.4 Å². The first-order valence-electron chi connectivity index (χ1n) is 13.3. The van der Waals surface area contributed by atoms with Crippen molar-refractivity contribution in [2.45, 2.75) is 81.6 Å². The number of hydrogen-bond donors (Lipinski definition) is 0. The SMILES string of the molecule is CC1=C(C)C(C)(C)[C-]=C1[Si](C)(C)c1ccccc1.CC1=C(C)C(C)(C)[C-]=C1[Si](C)(C)c1ccccc1.[Ca+2]. The van der Waals surface area contributed by atoms with Crippen molar-refractivity contribution in [3.8, 4) is 0 Å². The zero-order valence-corrected chi connectivity index (χ0v) is 29.7. The summed E-state index contributed by atoms with van der Waals surface area (Å²) < 4.78 is 0. The van der Waals surface area contributed by atoms with Gasteiger partial charge in [-0.2, -0.15) is 11.1 Å². The Kier molecular flexibility index (Phi) is 10.2. The van der Waals surface area contributed by atoms with E-state index in [1.54, 1.807) is 0 Å². The summed E-state index contributed by atoms with van der Waals surface area (Å²) in [5.74, 6) is 0. The van der Waals surface area contributed by atoms with Crippen molar-refractivity contribution < 1.29 is 0 Å². The largest absolute Gasteiger partial charge is 2.00 e. The third kappa shape index (κ3) is 6.47. The van der Waals surface area contributed by atoms with E-state index in [4.69, 9.17) is 0 Å². The molecule has 2 aromatic carbocycles. The molecule has 192 valence electrons. The Bertz CT molecular complexity index is 1140. The van der Waals surface area contributed by atoms with Gasteiger partial charge in [-0.25, -0.2) is 21.5 Å². The number of benzene rings is 2. The van der Waals surface area contributed by atoms with E-state index in [-0.39, 0.29) is 48.6 Å². The van der Waals surface area contributed by atoms with Crippen LogP contribution in [-0.2, 0) is 0 Å². The molecule has 0 unspecified atom stereocenters. The van der Waals surface area contributed by atoms with Gasteiger partial charge < -0.3 is 0 Å². The van der Waals surface area contributed by atoms with Crippen molar-refractivity contribution in [3.63, 3.8) is 0 Å². The van der Waals surface area contributed by atoms with Crippen molar-refractivity contribution in [2.75, 3.05) is 0 Å². The quantitative estimate of drug-likeness (QED) is 0.266. The molecule has 0 spiro atoms. The Morgan fingerprint density at radius 2 is 0.784 bits per heavy atom. The molecule has 0 bridgehead atoms. The van der Waals surface area contributed by atoms with Crippen molar-refractivity contribution in [1.82, 2.24) is 0 Å². The molecule has 0 saturated carbocycles. The summed E-state index contributed by atoms with van der Waals surface area (Å²) in [5.41, 5.74) is 6.13. The second-order valence-electron chi connectivity index (χ2n) is 12.7. The summed E-state index contributed by atoms with van der Waals surface area (Å²) in [7, 11) is -3.18. The first-order valence-corrected chi connectivity index (χ1v) is 19.3. The van der Waals surface area contributed by atoms with Gasteiger partial charge in [0.1, 0.15) is 0 Å². The minimum atomic E-state index is -1.59. The van der Waals surface area contributed by atoms with Crippen LogP contribution in [0.15, 0.2) is 93.3 Å². The maximum absolute atomic E-state index is 3.77. The molecule has 2 aliphatic carbocycles. The van der Waals surface area contributed by atoms with E-state index < -0.39 is 16.1 Å². The van der Waals surface area contributed by atoms with Crippen molar-refractivity contribution in [2.24, 2.45) is 10.8 Å². The predicted octanol–water partition coefficient (Wildman–Crippen LogP) is 8.11. The van der Waals surface area contributed by atoms with Gasteiger partial charge in [0.15, 0.2) is 0 Å². The van der Waals surface area contributed by atoms with Gasteiger partial charge in [-0.05, 0) is 0 Å². The molecular weight excluding hydrogens is 505 g/mol. The summed E-state index contributed by atoms with van der Waals surface area (Å²) in [6, 6.07) is 21.9. The monoisotopic (exact) mass is 550 g/mol. The minimum absolute atomic E-state index is 0. The second-order valence-corrected chi connectivity index (χ2v) is 21.4. The fourth-order valence-electron chi connectivity index (χ4n) is 5.56. The molecule has 0 atom stereocenters. The van der Waals surface area contributed by atoms with Crippen LogP contribution in [0.1, 0.15) is 55.4 Å². The van der Waals surface area contributed by atoms with Crippen LogP contribution in [-0.4, -0.2) is 53.9 Å². The molecule has 0 nitrogen and oxygen atoms in total. The maximum Gasteiger partial charge on any atom is 2.00 e. The van der Waals surface area contributed by atoms with Crippen LogP contribution in [0.5, 0.6) is 0 Å². The summed E-state index contributed by atoms with van der Waals surface area (Å²) in [4.78, 5) is 0. The van der Waals surface area contributed by atoms with Crippen LogP contribution in [0.4, 0.5) is 0 Å². The summed E-state index contributed by atoms with van der Waals surface area (Å²) in [5, 5.41) is 5.99. The average Bonchev–Trinajstić information content (AvgIpc) is 3.19. The zero-order chi connectivity index (χ0) is 27.1. The Morgan fingerprint density at radius 3 is 1.00 bits per heavy atom.